The lowest BCUT2D eigenvalue weighted by Crippen LogP contribution is -2.00. The predicted octanol–water partition coefficient (Wildman–Crippen LogP) is 1.80. The molecule has 1 rings (SSSR count). The summed E-state index contributed by atoms with van der Waals surface area (Å²) in [5.74, 6) is 6.08. The fourth-order valence-electron chi connectivity index (χ4n) is 0.956. The van der Waals surface area contributed by atoms with Crippen LogP contribution in [0.3, 0.4) is 0 Å². The van der Waals surface area contributed by atoms with Gasteiger partial charge in [-0.05, 0) is 25.6 Å². The second kappa shape index (κ2) is 3.22. The molecule has 1 aliphatic rings. The minimum absolute atomic E-state index is 0.0579. The smallest absolute Gasteiger partial charge is 0.130 e. The Bertz CT molecular complexity index is 215. The average Bonchev–Trinajstić information content (AvgIpc) is 2.13. The Hall–Kier alpha value is -1.03. The number of allylic oxidation sites excluding steroid dienone is 1. The fraction of sp³-hybridized carbons (Fsp3) is 0.444. The van der Waals surface area contributed by atoms with Gasteiger partial charge in [0.2, 0.25) is 0 Å². The van der Waals surface area contributed by atoms with Crippen molar-refractivity contribution in [2.75, 3.05) is 0 Å². The van der Waals surface area contributed by atoms with Gasteiger partial charge >= 0.3 is 0 Å². The van der Waals surface area contributed by atoms with Gasteiger partial charge in [-0.15, -0.1) is 5.92 Å². The molecule has 0 heterocycles. The van der Waals surface area contributed by atoms with Gasteiger partial charge < -0.3 is 0 Å². The van der Waals surface area contributed by atoms with Gasteiger partial charge in [0.25, 0.3) is 0 Å². The van der Waals surface area contributed by atoms with Crippen LogP contribution in [-0.4, -0.2) is 12.8 Å². The van der Waals surface area contributed by atoms with Crippen LogP contribution in [0.25, 0.3) is 0 Å². The molecule has 0 aromatic heterocycles. The molecule has 0 aromatic carbocycles. The minimum atomic E-state index is 0.0579. The van der Waals surface area contributed by atoms with Crippen molar-refractivity contribution in [3.05, 3.63) is 11.6 Å². The van der Waals surface area contributed by atoms with E-state index in [0.717, 1.165) is 12.8 Å². The van der Waals surface area contributed by atoms with Crippen molar-refractivity contribution in [2.45, 2.75) is 25.8 Å². The van der Waals surface area contributed by atoms with Gasteiger partial charge in [0.1, 0.15) is 6.04 Å². The van der Waals surface area contributed by atoms with Gasteiger partial charge in [0, 0.05) is 6.42 Å². The van der Waals surface area contributed by atoms with Crippen LogP contribution < -0.4 is 0 Å². The van der Waals surface area contributed by atoms with Crippen LogP contribution in [0, 0.1) is 11.8 Å². The Morgan fingerprint density at radius 2 is 2.60 bits per heavy atom. The summed E-state index contributed by atoms with van der Waals surface area (Å²) in [6, 6.07) is 0.0579. The Morgan fingerprint density at radius 3 is 3.30 bits per heavy atom. The maximum atomic E-state index is 3.90. The molecule has 0 amide bonds. The van der Waals surface area contributed by atoms with Gasteiger partial charge in [-0.1, -0.05) is 12.0 Å². The highest BCUT2D eigenvalue weighted by atomic mass is 14.7. The summed E-state index contributed by atoms with van der Waals surface area (Å²) in [6.07, 6.45) is 4.20. The van der Waals surface area contributed by atoms with Gasteiger partial charge in [-0.2, -0.15) is 0 Å². The highest BCUT2D eigenvalue weighted by molar-refractivity contribution is 5.34. The maximum Gasteiger partial charge on any atom is 0.130 e. The molecule has 1 unspecified atom stereocenters. The van der Waals surface area contributed by atoms with Crippen molar-refractivity contribution in [1.29, 1.82) is 0 Å². The molecule has 10 heavy (non-hydrogen) atoms. The first kappa shape index (κ1) is 7.08. The molecule has 0 N–H and O–H groups in total. The molecule has 0 fully saturated rings. The van der Waals surface area contributed by atoms with Crippen molar-refractivity contribution in [3.8, 4) is 11.8 Å². The normalized spacial score (nSPS) is 23.7. The molecule has 1 nitrogen and oxygen atoms in total. The van der Waals surface area contributed by atoms with E-state index in [2.05, 4.69) is 36.6 Å². The van der Waals surface area contributed by atoms with Crippen molar-refractivity contribution in [3.63, 3.8) is 0 Å². The topological polar surface area (TPSA) is 12.4 Å². The zero-order valence-electron chi connectivity index (χ0n) is 6.22. The molecule has 1 aliphatic carbocycles. The molecule has 0 spiro atoms. The highest BCUT2D eigenvalue weighted by Crippen LogP contribution is 2.09. The lowest BCUT2D eigenvalue weighted by atomic mass is 10.1. The summed E-state index contributed by atoms with van der Waals surface area (Å²) < 4.78 is 0. The number of hydrogen-bond donors (Lipinski definition) is 0. The summed E-state index contributed by atoms with van der Waals surface area (Å²) in [5.41, 5.74) is 1.24. The zero-order valence-corrected chi connectivity index (χ0v) is 6.22. The highest BCUT2D eigenvalue weighted by Gasteiger charge is 2.03. The third-order valence-electron chi connectivity index (χ3n) is 1.59. The van der Waals surface area contributed by atoms with E-state index in [1.54, 1.807) is 0 Å². The lowest BCUT2D eigenvalue weighted by Gasteiger charge is -2.01. The van der Waals surface area contributed by atoms with Crippen LogP contribution in [-0.2, 0) is 0 Å². The Balaban J connectivity index is 2.80. The van der Waals surface area contributed by atoms with Crippen molar-refractivity contribution >= 4 is 6.72 Å². The van der Waals surface area contributed by atoms with E-state index in [4.69, 9.17) is 0 Å². The SMILES string of the molecule is C=NC1C#CCCC=C1C. The summed E-state index contributed by atoms with van der Waals surface area (Å²) in [6.45, 7) is 5.54. The van der Waals surface area contributed by atoms with Crippen LogP contribution >= 0.6 is 0 Å². The van der Waals surface area contributed by atoms with Gasteiger partial charge in [0.15, 0.2) is 0 Å². The summed E-state index contributed by atoms with van der Waals surface area (Å²) in [4.78, 5) is 3.90. The Labute approximate surface area is 61.9 Å². The number of nitrogens with zero attached hydrogens (tertiary/aromatic N) is 1. The van der Waals surface area contributed by atoms with Gasteiger partial charge in [-0.3, -0.25) is 4.99 Å². The summed E-state index contributed by atoms with van der Waals surface area (Å²) in [7, 11) is 0. The van der Waals surface area contributed by atoms with E-state index >= 15 is 0 Å². The second-order valence-corrected chi connectivity index (χ2v) is 2.39. The lowest BCUT2D eigenvalue weighted by molar-refractivity contribution is 0.977. The van der Waals surface area contributed by atoms with Crippen LogP contribution in [0.2, 0.25) is 0 Å². The quantitative estimate of drug-likeness (QED) is 0.294. The van der Waals surface area contributed by atoms with Crippen LogP contribution in [0.15, 0.2) is 16.6 Å². The Kier molecular flexibility index (Phi) is 2.28. The molecular formula is C9H11N. The largest absolute Gasteiger partial charge is 0.280 e. The third-order valence-corrected chi connectivity index (χ3v) is 1.59. The van der Waals surface area contributed by atoms with Crippen molar-refractivity contribution in [1.82, 2.24) is 0 Å². The number of hydrogen-bond acceptors (Lipinski definition) is 1. The minimum Gasteiger partial charge on any atom is -0.280 e. The Morgan fingerprint density at radius 1 is 1.80 bits per heavy atom. The molecule has 52 valence electrons. The molecule has 0 aromatic rings. The third kappa shape index (κ3) is 1.48. The van der Waals surface area contributed by atoms with Crippen LogP contribution in [0.4, 0.5) is 0 Å². The molecular weight excluding hydrogens is 122 g/mol. The van der Waals surface area contributed by atoms with E-state index in [1.807, 2.05) is 0 Å². The van der Waals surface area contributed by atoms with Crippen LogP contribution in [0.1, 0.15) is 19.8 Å². The summed E-state index contributed by atoms with van der Waals surface area (Å²) >= 11 is 0. The van der Waals surface area contributed by atoms with Crippen molar-refractivity contribution in [2.24, 2.45) is 4.99 Å². The summed E-state index contributed by atoms with van der Waals surface area (Å²) in [5, 5.41) is 0. The number of aliphatic imine (C=N–C) groups is 1. The molecule has 0 saturated heterocycles. The first-order chi connectivity index (χ1) is 4.84. The molecule has 1 atom stereocenters. The average molecular weight is 133 g/mol. The van der Waals surface area contributed by atoms with Gasteiger partial charge in [-0.25, -0.2) is 0 Å². The maximum absolute atomic E-state index is 3.90. The zero-order chi connectivity index (χ0) is 7.40. The molecule has 0 saturated carbocycles. The molecule has 0 radical (unpaired) electrons. The van der Waals surface area contributed by atoms with E-state index in [1.165, 1.54) is 5.57 Å². The molecule has 0 aliphatic heterocycles. The second-order valence-electron chi connectivity index (χ2n) is 2.39. The van der Waals surface area contributed by atoms with Crippen LogP contribution in [0.5, 0.6) is 0 Å². The molecule has 0 bridgehead atoms. The van der Waals surface area contributed by atoms with E-state index < -0.39 is 0 Å². The van der Waals surface area contributed by atoms with E-state index in [0.29, 0.717) is 0 Å². The predicted molar refractivity (Wildman–Crippen MR) is 44.1 cm³/mol. The van der Waals surface area contributed by atoms with Gasteiger partial charge in [0.05, 0.1) is 0 Å². The molecule has 1 heteroatoms. The monoisotopic (exact) mass is 133 g/mol. The van der Waals surface area contributed by atoms with E-state index in [-0.39, 0.29) is 6.04 Å². The van der Waals surface area contributed by atoms with Crippen molar-refractivity contribution < 1.29 is 0 Å². The number of rotatable bonds is 1. The first-order valence-electron chi connectivity index (χ1n) is 3.45. The fourth-order valence-corrected chi connectivity index (χ4v) is 0.956. The standard InChI is InChI=1S/C9H11N/c1-8-6-4-3-5-7-9(8)10-2/h6,9H,2-4H2,1H3. The van der Waals surface area contributed by atoms with E-state index in [9.17, 15) is 0 Å². The first-order valence-corrected chi connectivity index (χ1v) is 3.45.